The normalized spacial score (nSPS) is 12.5. The first-order valence-electron chi connectivity index (χ1n) is 14.5. The van der Waals surface area contributed by atoms with E-state index in [0.29, 0.717) is 39.6 Å². The highest BCUT2D eigenvalue weighted by atomic mass is 32.2. The molecule has 0 aliphatic rings. The first-order chi connectivity index (χ1) is 17.1. The Morgan fingerprint density at radius 1 is 0.371 bits per heavy atom. The summed E-state index contributed by atoms with van der Waals surface area (Å²) in [6.45, 7) is 16.2. The van der Waals surface area contributed by atoms with Crippen molar-refractivity contribution in [3.63, 3.8) is 0 Å². The topological polar surface area (TPSA) is 55.4 Å². The summed E-state index contributed by atoms with van der Waals surface area (Å²) in [7, 11) is -4.88. The fraction of sp³-hybridized carbons (Fsp3) is 1.00. The van der Waals surface area contributed by atoms with Crippen LogP contribution in [0.25, 0.3) is 0 Å². The molecule has 0 rings (SSSR count). The Hall–Kier alpha value is 0.544. The number of rotatable bonds is 28. The summed E-state index contributed by atoms with van der Waals surface area (Å²) in [4.78, 5) is 0. The summed E-state index contributed by atoms with van der Waals surface area (Å²) < 4.78 is 35.7. The molecule has 0 spiro atoms. The minimum Gasteiger partial charge on any atom is -0.374 e. The quantitative estimate of drug-likeness (QED) is 0.0725. The third kappa shape index (κ3) is 18.4. The van der Waals surface area contributed by atoms with Crippen LogP contribution in [-0.2, 0) is 26.6 Å². The summed E-state index contributed by atoms with van der Waals surface area (Å²) in [6.07, 6.45) is 12.7. The molecule has 0 fully saturated rings. The smallest absolute Gasteiger partial charge is 0.374 e. The molecule has 0 heterocycles. The van der Waals surface area contributed by atoms with Gasteiger partial charge in [0.25, 0.3) is 0 Å². The highest BCUT2D eigenvalue weighted by molar-refractivity contribution is 7.99. The lowest BCUT2D eigenvalue weighted by atomic mass is 10.2. The monoisotopic (exact) mass is 554 g/mol. The molecule has 35 heavy (non-hydrogen) atoms. The van der Waals surface area contributed by atoms with Gasteiger partial charge in [0.2, 0.25) is 0 Å². The maximum Gasteiger partial charge on any atom is 0.500 e. The van der Waals surface area contributed by atoms with Gasteiger partial charge in [-0.25, -0.2) is 0 Å². The van der Waals surface area contributed by atoms with E-state index in [1.54, 1.807) is 0 Å². The molecule has 0 aromatic heterocycles. The predicted octanol–water partition coefficient (Wildman–Crippen LogP) is 7.72. The lowest BCUT2D eigenvalue weighted by Crippen LogP contribution is -2.45. The Bertz CT molecular complexity index is 376. The zero-order chi connectivity index (χ0) is 26.1. The first-order valence-corrected chi connectivity index (χ1v) is 19.5. The Morgan fingerprint density at radius 3 is 0.914 bits per heavy atom. The molecule has 0 aromatic carbocycles. The number of thioether (sulfide) groups is 1. The molecule has 0 bridgehead atoms. The Morgan fingerprint density at radius 2 is 0.629 bits per heavy atom. The summed E-state index contributed by atoms with van der Waals surface area (Å²) in [5.41, 5.74) is 0. The van der Waals surface area contributed by atoms with Gasteiger partial charge in [0.05, 0.1) is 0 Å². The van der Waals surface area contributed by atoms with Crippen LogP contribution < -0.4 is 0 Å². The van der Waals surface area contributed by atoms with E-state index >= 15 is 0 Å². The molecule has 0 aliphatic carbocycles. The predicted molar refractivity (Wildman–Crippen MR) is 154 cm³/mol. The second-order valence-corrected chi connectivity index (χ2v) is 15.3. The molecule has 0 saturated heterocycles. The zero-order valence-corrected chi connectivity index (χ0v) is 26.8. The van der Waals surface area contributed by atoms with Gasteiger partial charge in [-0.05, 0) is 78.7 Å². The van der Waals surface area contributed by atoms with E-state index in [2.05, 4.69) is 11.8 Å². The number of hydrogen-bond acceptors (Lipinski definition) is 7. The molecule has 0 aromatic rings. The average Bonchev–Trinajstić information content (AvgIpc) is 2.82. The van der Waals surface area contributed by atoms with Crippen LogP contribution in [0, 0.1) is 0 Å². The molecule has 6 nitrogen and oxygen atoms in total. The van der Waals surface area contributed by atoms with Gasteiger partial charge in [-0.15, -0.1) is 0 Å². The minimum absolute atomic E-state index is 0.668. The highest BCUT2D eigenvalue weighted by Crippen LogP contribution is 2.22. The maximum atomic E-state index is 5.94. The van der Waals surface area contributed by atoms with Crippen molar-refractivity contribution in [1.29, 1.82) is 0 Å². The molecule has 0 aliphatic heterocycles. The van der Waals surface area contributed by atoms with Crippen molar-refractivity contribution in [2.24, 2.45) is 0 Å². The standard InChI is InChI=1S/C26H58O6SSi2/c1-7-27-34(28-8-2,29-9-3)25-21-17-13-15-19-23-33-24-20-16-14-18-22-26-35(30-10-4,31-11-5)32-12-6/h7-26H2,1-6H3. The van der Waals surface area contributed by atoms with Crippen molar-refractivity contribution in [2.45, 2.75) is 118 Å². The SMILES string of the molecule is CCO[Si](CCCCCCCSCCCCCCC[Si](OCC)(OCC)OCC)(OCC)OCC. The zero-order valence-electron chi connectivity index (χ0n) is 24.0. The van der Waals surface area contributed by atoms with Gasteiger partial charge >= 0.3 is 17.6 Å². The van der Waals surface area contributed by atoms with E-state index in [9.17, 15) is 0 Å². The summed E-state index contributed by atoms with van der Waals surface area (Å²) in [5.74, 6) is 2.58. The van der Waals surface area contributed by atoms with E-state index in [1.165, 1.54) is 62.9 Å². The molecule has 0 unspecified atom stereocenters. The second kappa shape index (κ2) is 24.9. The van der Waals surface area contributed by atoms with Crippen LogP contribution in [0.2, 0.25) is 12.1 Å². The lowest BCUT2D eigenvalue weighted by molar-refractivity contribution is 0.0698. The molecular formula is C26H58O6SSi2. The van der Waals surface area contributed by atoms with Crippen molar-refractivity contribution >= 4 is 29.4 Å². The Labute approximate surface area is 224 Å². The van der Waals surface area contributed by atoms with Gasteiger partial charge in [-0.2, -0.15) is 11.8 Å². The molecule has 0 saturated carbocycles. The second-order valence-electron chi connectivity index (χ2n) is 8.61. The van der Waals surface area contributed by atoms with Gasteiger partial charge < -0.3 is 26.6 Å². The van der Waals surface area contributed by atoms with Crippen molar-refractivity contribution in [1.82, 2.24) is 0 Å². The minimum atomic E-state index is -2.44. The molecule has 0 radical (unpaired) electrons. The van der Waals surface area contributed by atoms with E-state index < -0.39 is 17.6 Å². The Balaban J connectivity index is 3.70. The van der Waals surface area contributed by atoms with E-state index in [-0.39, 0.29) is 0 Å². The van der Waals surface area contributed by atoms with Crippen LogP contribution in [0.4, 0.5) is 0 Å². The van der Waals surface area contributed by atoms with E-state index in [4.69, 9.17) is 26.6 Å². The maximum absolute atomic E-state index is 5.94. The van der Waals surface area contributed by atoms with Gasteiger partial charge in [-0.3, -0.25) is 0 Å². The third-order valence-electron chi connectivity index (χ3n) is 5.73. The first kappa shape index (κ1) is 35.5. The van der Waals surface area contributed by atoms with Gasteiger partial charge in [-0.1, -0.05) is 38.5 Å². The third-order valence-corrected chi connectivity index (χ3v) is 13.2. The van der Waals surface area contributed by atoms with Gasteiger partial charge in [0, 0.05) is 51.7 Å². The van der Waals surface area contributed by atoms with Gasteiger partial charge in [0.15, 0.2) is 0 Å². The largest absolute Gasteiger partial charge is 0.500 e. The molecular weight excluding hydrogens is 497 g/mol. The Kier molecular flexibility index (Phi) is 25.2. The van der Waals surface area contributed by atoms with Crippen LogP contribution >= 0.6 is 11.8 Å². The molecule has 9 heteroatoms. The fourth-order valence-electron chi connectivity index (χ4n) is 4.26. The summed E-state index contributed by atoms with van der Waals surface area (Å²) >= 11 is 2.12. The van der Waals surface area contributed by atoms with Crippen molar-refractivity contribution in [3.05, 3.63) is 0 Å². The number of hydrogen-bond donors (Lipinski definition) is 0. The van der Waals surface area contributed by atoms with Crippen LogP contribution in [0.1, 0.15) is 106 Å². The molecule has 0 amide bonds. The summed E-state index contributed by atoms with van der Waals surface area (Å²) in [6, 6.07) is 1.90. The van der Waals surface area contributed by atoms with Crippen LogP contribution in [0.3, 0.4) is 0 Å². The lowest BCUT2D eigenvalue weighted by Gasteiger charge is -2.28. The average molecular weight is 555 g/mol. The van der Waals surface area contributed by atoms with Crippen LogP contribution in [0.5, 0.6) is 0 Å². The van der Waals surface area contributed by atoms with E-state index in [1.807, 2.05) is 41.5 Å². The molecule has 0 atom stereocenters. The van der Waals surface area contributed by atoms with Crippen molar-refractivity contribution in [2.75, 3.05) is 51.1 Å². The molecule has 212 valence electrons. The van der Waals surface area contributed by atoms with Gasteiger partial charge in [0.1, 0.15) is 0 Å². The van der Waals surface area contributed by atoms with Crippen LogP contribution in [0.15, 0.2) is 0 Å². The van der Waals surface area contributed by atoms with Crippen molar-refractivity contribution in [3.8, 4) is 0 Å². The van der Waals surface area contributed by atoms with Crippen LogP contribution in [-0.4, -0.2) is 68.8 Å². The highest BCUT2D eigenvalue weighted by Gasteiger charge is 2.40. The molecule has 0 N–H and O–H groups in total. The van der Waals surface area contributed by atoms with E-state index in [0.717, 1.165) is 24.9 Å². The summed E-state index contributed by atoms with van der Waals surface area (Å²) in [5, 5.41) is 0. The van der Waals surface area contributed by atoms with Crippen molar-refractivity contribution < 1.29 is 26.6 Å². The fourth-order valence-corrected chi connectivity index (χ4v) is 10.6. The number of unbranched alkanes of at least 4 members (excludes halogenated alkanes) is 8.